The summed E-state index contributed by atoms with van der Waals surface area (Å²) in [5.41, 5.74) is 2.03. The lowest BCUT2D eigenvalue weighted by Crippen LogP contribution is -2.32. The van der Waals surface area contributed by atoms with Gasteiger partial charge in [0.05, 0.1) is 25.0 Å². The van der Waals surface area contributed by atoms with E-state index in [1.54, 1.807) is 13.2 Å². The number of nitrogens with one attached hydrogen (secondary N) is 1. The number of ether oxygens (including phenoxy) is 1. The fraction of sp³-hybridized carbons (Fsp3) is 0.316. The van der Waals surface area contributed by atoms with Crippen molar-refractivity contribution < 1.29 is 9.53 Å². The first-order valence-electron chi connectivity index (χ1n) is 8.94. The Labute approximate surface area is 166 Å². The van der Waals surface area contributed by atoms with Gasteiger partial charge in [-0.3, -0.25) is 9.59 Å². The molecule has 2 heterocycles. The van der Waals surface area contributed by atoms with E-state index in [0.717, 1.165) is 29.3 Å². The van der Waals surface area contributed by atoms with Crippen molar-refractivity contribution in [1.29, 1.82) is 0 Å². The summed E-state index contributed by atoms with van der Waals surface area (Å²) in [6, 6.07) is 10.6. The summed E-state index contributed by atoms with van der Waals surface area (Å²) >= 11 is 1.08. The third kappa shape index (κ3) is 4.61. The molecule has 3 aromatic rings. The van der Waals surface area contributed by atoms with E-state index in [1.807, 2.05) is 31.2 Å². The summed E-state index contributed by atoms with van der Waals surface area (Å²) in [5, 5.41) is 11.2. The van der Waals surface area contributed by atoms with Crippen molar-refractivity contribution in [2.75, 3.05) is 13.7 Å². The average molecular weight is 399 g/mol. The summed E-state index contributed by atoms with van der Waals surface area (Å²) in [5.74, 6) is 0.526. The van der Waals surface area contributed by atoms with Crippen LogP contribution in [0.4, 0.5) is 0 Å². The van der Waals surface area contributed by atoms with E-state index in [-0.39, 0.29) is 24.6 Å². The number of benzene rings is 1. The Morgan fingerprint density at radius 2 is 2.00 bits per heavy atom. The highest BCUT2D eigenvalue weighted by Crippen LogP contribution is 2.19. The van der Waals surface area contributed by atoms with E-state index >= 15 is 0 Å². The number of carbonyl (C=O) groups excluding carboxylic acids is 1. The Morgan fingerprint density at radius 3 is 2.71 bits per heavy atom. The summed E-state index contributed by atoms with van der Waals surface area (Å²) in [6.45, 7) is 2.57. The van der Waals surface area contributed by atoms with Gasteiger partial charge in [-0.1, -0.05) is 17.8 Å². The van der Waals surface area contributed by atoms with Crippen LogP contribution >= 0.6 is 11.5 Å². The van der Waals surface area contributed by atoms with Crippen LogP contribution in [0, 0.1) is 0 Å². The zero-order valence-electron chi connectivity index (χ0n) is 15.7. The van der Waals surface area contributed by atoms with Gasteiger partial charge < -0.3 is 10.1 Å². The van der Waals surface area contributed by atoms with Gasteiger partial charge in [0, 0.05) is 18.2 Å². The zero-order valence-corrected chi connectivity index (χ0v) is 16.5. The van der Waals surface area contributed by atoms with Crippen molar-refractivity contribution in [2.45, 2.75) is 26.3 Å². The molecule has 0 bridgehead atoms. The molecule has 28 heavy (non-hydrogen) atoms. The number of aromatic nitrogens is 4. The second-order valence-corrected chi connectivity index (χ2v) is 6.82. The molecule has 8 nitrogen and oxygen atoms in total. The lowest BCUT2D eigenvalue weighted by atomic mass is 10.1. The van der Waals surface area contributed by atoms with Crippen molar-refractivity contribution >= 4 is 17.4 Å². The molecule has 0 atom stereocenters. The smallest absolute Gasteiger partial charge is 0.266 e. The molecule has 0 saturated heterocycles. The first kappa shape index (κ1) is 19.7. The first-order valence-corrected chi connectivity index (χ1v) is 9.71. The van der Waals surface area contributed by atoms with Gasteiger partial charge in [0.1, 0.15) is 10.6 Å². The minimum Gasteiger partial charge on any atom is -0.497 e. The van der Waals surface area contributed by atoms with Crippen LogP contribution in [-0.2, 0) is 13.0 Å². The van der Waals surface area contributed by atoms with Gasteiger partial charge in [-0.2, -0.15) is 5.10 Å². The predicted molar refractivity (Wildman–Crippen MR) is 107 cm³/mol. The molecule has 2 aromatic heterocycles. The zero-order chi connectivity index (χ0) is 19.9. The van der Waals surface area contributed by atoms with Gasteiger partial charge >= 0.3 is 0 Å². The Bertz CT molecular complexity index is 997. The highest BCUT2D eigenvalue weighted by molar-refractivity contribution is 7.08. The average Bonchev–Trinajstić information content (AvgIpc) is 3.18. The molecule has 0 spiro atoms. The van der Waals surface area contributed by atoms with Gasteiger partial charge in [-0.15, -0.1) is 5.10 Å². The number of hydrogen-bond acceptors (Lipinski definition) is 7. The maximum atomic E-state index is 12.3. The highest BCUT2D eigenvalue weighted by atomic mass is 32.1. The lowest BCUT2D eigenvalue weighted by molar-refractivity contribution is 0.0954. The van der Waals surface area contributed by atoms with E-state index < -0.39 is 0 Å². The minimum absolute atomic E-state index is 0.224. The Kier molecular flexibility index (Phi) is 6.49. The van der Waals surface area contributed by atoms with Gasteiger partial charge in [0.15, 0.2) is 0 Å². The van der Waals surface area contributed by atoms with Gasteiger partial charge in [-0.25, -0.2) is 4.68 Å². The Balaban J connectivity index is 1.66. The van der Waals surface area contributed by atoms with E-state index in [4.69, 9.17) is 4.74 Å². The van der Waals surface area contributed by atoms with Crippen molar-refractivity contribution in [2.24, 2.45) is 0 Å². The number of aryl methyl sites for hydroxylation is 1. The maximum Gasteiger partial charge on any atom is 0.266 e. The van der Waals surface area contributed by atoms with Crippen molar-refractivity contribution in [3.8, 4) is 17.0 Å². The third-order valence-electron chi connectivity index (χ3n) is 4.11. The molecule has 1 amide bonds. The highest BCUT2D eigenvalue weighted by Gasteiger charge is 2.15. The molecular weight excluding hydrogens is 378 g/mol. The maximum absolute atomic E-state index is 12.3. The lowest BCUT2D eigenvalue weighted by Gasteiger charge is -2.09. The molecule has 3 rings (SSSR count). The van der Waals surface area contributed by atoms with Crippen molar-refractivity contribution in [1.82, 2.24) is 24.7 Å². The molecule has 0 aliphatic carbocycles. The molecule has 146 valence electrons. The number of methoxy groups -OCH3 is 1. The van der Waals surface area contributed by atoms with Crippen LogP contribution in [0.5, 0.6) is 5.75 Å². The Morgan fingerprint density at radius 1 is 1.21 bits per heavy atom. The fourth-order valence-corrected chi connectivity index (χ4v) is 3.29. The van der Waals surface area contributed by atoms with E-state index in [9.17, 15) is 9.59 Å². The summed E-state index contributed by atoms with van der Waals surface area (Å²) < 4.78 is 10.4. The molecule has 0 aliphatic heterocycles. The van der Waals surface area contributed by atoms with Crippen LogP contribution in [0.1, 0.15) is 28.7 Å². The van der Waals surface area contributed by atoms with Crippen molar-refractivity contribution in [3.05, 3.63) is 57.3 Å². The van der Waals surface area contributed by atoms with Gasteiger partial charge in [0.2, 0.25) is 0 Å². The first-order chi connectivity index (χ1) is 13.6. The molecule has 0 unspecified atom stereocenters. The second kappa shape index (κ2) is 9.23. The SMILES string of the molecule is CCCc1nnsc1C(=O)NCCn1nc(-c2ccc(OC)cc2)ccc1=O. The molecule has 9 heteroatoms. The molecule has 1 N–H and O–H groups in total. The second-order valence-electron chi connectivity index (χ2n) is 6.06. The minimum atomic E-state index is -0.224. The quantitative estimate of drug-likeness (QED) is 0.623. The Hall–Kier alpha value is -3.07. The van der Waals surface area contributed by atoms with Crippen LogP contribution < -0.4 is 15.6 Å². The topological polar surface area (TPSA) is 99.0 Å². The van der Waals surface area contributed by atoms with Crippen LogP contribution in [0.25, 0.3) is 11.3 Å². The normalized spacial score (nSPS) is 10.6. The summed E-state index contributed by atoms with van der Waals surface area (Å²) in [7, 11) is 1.61. The fourth-order valence-electron chi connectivity index (χ4n) is 2.66. The molecule has 0 radical (unpaired) electrons. The third-order valence-corrected chi connectivity index (χ3v) is 4.88. The number of hydrogen-bond donors (Lipinski definition) is 1. The molecule has 1 aromatic carbocycles. The number of nitrogens with zero attached hydrogens (tertiary/aromatic N) is 4. The molecule has 0 saturated carbocycles. The number of carbonyl (C=O) groups is 1. The van der Waals surface area contributed by atoms with Crippen LogP contribution in [0.2, 0.25) is 0 Å². The number of amides is 1. The largest absolute Gasteiger partial charge is 0.497 e. The number of rotatable bonds is 8. The molecule has 0 aliphatic rings. The standard InChI is InChI=1S/C19H21N5O3S/c1-3-4-16-18(28-23-21-16)19(26)20-11-12-24-17(25)10-9-15(22-24)13-5-7-14(27-2)8-6-13/h5-10H,3-4,11-12H2,1-2H3,(H,20,26). The van der Waals surface area contributed by atoms with Crippen LogP contribution in [0.3, 0.4) is 0 Å². The van der Waals surface area contributed by atoms with Gasteiger partial charge in [-0.05, 0) is 48.3 Å². The van der Waals surface area contributed by atoms with Crippen LogP contribution in [-0.4, -0.2) is 38.9 Å². The van der Waals surface area contributed by atoms with E-state index in [1.165, 1.54) is 10.7 Å². The van der Waals surface area contributed by atoms with Gasteiger partial charge in [0.25, 0.3) is 11.5 Å². The van der Waals surface area contributed by atoms with E-state index in [0.29, 0.717) is 22.7 Å². The molecule has 0 fully saturated rings. The summed E-state index contributed by atoms with van der Waals surface area (Å²) in [6.07, 6.45) is 1.60. The monoisotopic (exact) mass is 399 g/mol. The van der Waals surface area contributed by atoms with Crippen molar-refractivity contribution in [3.63, 3.8) is 0 Å². The predicted octanol–water partition coefficient (Wildman–Crippen LogP) is 2.15. The van der Waals surface area contributed by atoms with Crippen LogP contribution in [0.15, 0.2) is 41.2 Å². The molecular formula is C19H21N5O3S. The van der Waals surface area contributed by atoms with E-state index in [2.05, 4.69) is 20.0 Å². The summed E-state index contributed by atoms with van der Waals surface area (Å²) in [4.78, 5) is 24.9.